The van der Waals surface area contributed by atoms with Gasteiger partial charge in [0, 0.05) is 46.2 Å². The Kier molecular flexibility index (Phi) is 6.63. The molecule has 2 aliphatic rings. The van der Waals surface area contributed by atoms with E-state index in [0.717, 1.165) is 18.5 Å². The summed E-state index contributed by atoms with van der Waals surface area (Å²) in [5.41, 5.74) is 0.818. The van der Waals surface area contributed by atoms with Gasteiger partial charge in [0.1, 0.15) is 0 Å². The van der Waals surface area contributed by atoms with E-state index in [0.29, 0.717) is 42.8 Å². The molecule has 0 aliphatic carbocycles. The summed E-state index contributed by atoms with van der Waals surface area (Å²) < 4.78 is 0. The number of carbonyl (C=O) groups excluding carboxylic acids is 2. The molecule has 0 saturated carbocycles. The van der Waals surface area contributed by atoms with Crippen molar-refractivity contribution in [3.05, 3.63) is 33.8 Å². The predicted molar refractivity (Wildman–Crippen MR) is 105 cm³/mol. The smallest absolute Gasteiger partial charge is 0.227 e. The van der Waals surface area contributed by atoms with E-state index in [-0.39, 0.29) is 30.4 Å². The highest BCUT2D eigenvalue weighted by molar-refractivity contribution is 6.42. The Labute approximate surface area is 169 Å². The van der Waals surface area contributed by atoms with Crippen LogP contribution in [0.3, 0.4) is 0 Å². The molecule has 27 heavy (non-hydrogen) atoms. The number of β-amino-alcohol motifs (C(OH)–C–C–N with tert-alkyl or cyclic N) is 1. The van der Waals surface area contributed by atoms with Gasteiger partial charge in [-0.05, 0) is 24.1 Å². The molecule has 1 N–H and O–H groups in total. The fourth-order valence-corrected chi connectivity index (χ4v) is 4.15. The van der Waals surface area contributed by atoms with Crippen molar-refractivity contribution in [2.45, 2.75) is 31.9 Å². The maximum atomic E-state index is 13.0. The Bertz CT molecular complexity index is 715. The third-order valence-corrected chi connectivity index (χ3v) is 6.04. The molecule has 0 bridgehead atoms. The molecule has 3 rings (SSSR count). The van der Waals surface area contributed by atoms with Gasteiger partial charge >= 0.3 is 0 Å². The van der Waals surface area contributed by atoms with Crippen molar-refractivity contribution in [1.82, 2.24) is 14.7 Å². The number of benzene rings is 1. The van der Waals surface area contributed by atoms with Gasteiger partial charge < -0.3 is 14.9 Å². The topological polar surface area (TPSA) is 64.1 Å². The van der Waals surface area contributed by atoms with Crippen LogP contribution in [-0.4, -0.2) is 83.0 Å². The van der Waals surface area contributed by atoms with Crippen molar-refractivity contribution in [2.75, 3.05) is 39.3 Å². The van der Waals surface area contributed by atoms with E-state index in [2.05, 4.69) is 4.90 Å². The zero-order valence-corrected chi connectivity index (χ0v) is 16.9. The number of carbonyl (C=O) groups is 2. The van der Waals surface area contributed by atoms with E-state index in [1.807, 2.05) is 11.0 Å². The molecule has 148 valence electrons. The largest absolute Gasteiger partial charge is 0.392 e. The SMILES string of the molecule is CC(=O)N1CCN(C(=O)Cc2ccc(Cl)c(Cl)c2)[C@H](CN2CC[C@@H](O)C2)C1. The van der Waals surface area contributed by atoms with E-state index < -0.39 is 0 Å². The first kappa shape index (κ1) is 20.4. The first-order chi connectivity index (χ1) is 12.8. The predicted octanol–water partition coefficient (Wildman–Crippen LogP) is 1.66. The van der Waals surface area contributed by atoms with Gasteiger partial charge in [-0.15, -0.1) is 0 Å². The van der Waals surface area contributed by atoms with Crippen LogP contribution in [-0.2, 0) is 16.0 Å². The standard InChI is InChI=1S/C19H25Cl2N3O3/c1-13(25)23-6-7-24(15(11-23)10-22-5-4-16(26)12-22)19(27)9-14-2-3-17(20)18(21)8-14/h2-3,8,15-16,26H,4-7,9-12H2,1H3/t15-,16-/m1/s1. The van der Waals surface area contributed by atoms with E-state index in [4.69, 9.17) is 23.2 Å². The minimum atomic E-state index is -0.308. The first-order valence-electron chi connectivity index (χ1n) is 9.23. The summed E-state index contributed by atoms with van der Waals surface area (Å²) in [7, 11) is 0. The molecule has 1 aromatic rings. The molecule has 2 heterocycles. The van der Waals surface area contributed by atoms with Gasteiger partial charge in [-0.3, -0.25) is 14.5 Å². The van der Waals surface area contributed by atoms with Gasteiger partial charge in [-0.25, -0.2) is 0 Å². The molecule has 2 amide bonds. The van der Waals surface area contributed by atoms with Crippen molar-refractivity contribution >= 4 is 35.0 Å². The summed E-state index contributed by atoms with van der Waals surface area (Å²) in [6, 6.07) is 5.15. The lowest BCUT2D eigenvalue weighted by Gasteiger charge is -2.42. The Morgan fingerprint density at radius 3 is 2.56 bits per heavy atom. The molecule has 2 aliphatic heterocycles. The van der Waals surface area contributed by atoms with Crippen LogP contribution in [0.2, 0.25) is 10.0 Å². The second-order valence-electron chi connectivity index (χ2n) is 7.33. The van der Waals surface area contributed by atoms with Gasteiger partial charge in [0.25, 0.3) is 0 Å². The van der Waals surface area contributed by atoms with E-state index in [1.165, 1.54) is 0 Å². The Balaban J connectivity index is 1.70. The molecular weight excluding hydrogens is 389 g/mol. The molecule has 0 unspecified atom stereocenters. The molecule has 2 fully saturated rings. The lowest BCUT2D eigenvalue weighted by atomic mass is 10.1. The van der Waals surface area contributed by atoms with Gasteiger partial charge in [0.15, 0.2) is 0 Å². The molecule has 6 nitrogen and oxygen atoms in total. The molecule has 0 aromatic heterocycles. The lowest BCUT2D eigenvalue weighted by Crippen LogP contribution is -2.59. The van der Waals surface area contributed by atoms with Crippen molar-refractivity contribution < 1.29 is 14.7 Å². The average Bonchev–Trinajstić information content (AvgIpc) is 3.02. The maximum Gasteiger partial charge on any atom is 0.227 e. The third kappa shape index (κ3) is 5.13. The number of hydrogen-bond donors (Lipinski definition) is 1. The number of rotatable bonds is 4. The third-order valence-electron chi connectivity index (χ3n) is 5.30. The number of aliphatic hydroxyl groups is 1. The molecule has 0 spiro atoms. The Morgan fingerprint density at radius 1 is 1.15 bits per heavy atom. The number of likely N-dealkylation sites (tertiary alicyclic amines) is 1. The highest BCUT2D eigenvalue weighted by atomic mass is 35.5. The van der Waals surface area contributed by atoms with Crippen molar-refractivity contribution in [3.63, 3.8) is 0 Å². The van der Waals surface area contributed by atoms with Crippen LogP contribution in [0.4, 0.5) is 0 Å². The Morgan fingerprint density at radius 2 is 1.93 bits per heavy atom. The average molecular weight is 414 g/mol. The zero-order chi connectivity index (χ0) is 19.6. The van der Waals surface area contributed by atoms with Crippen molar-refractivity contribution in [3.8, 4) is 0 Å². The van der Waals surface area contributed by atoms with Gasteiger partial charge in [0.05, 0.1) is 28.6 Å². The quantitative estimate of drug-likeness (QED) is 0.814. The summed E-state index contributed by atoms with van der Waals surface area (Å²) >= 11 is 12.0. The highest BCUT2D eigenvalue weighted by Crippen LogP contribution is 2.24. The summed E-state index contributed by atoms with van der Waals surface area (Å²) in [6.45, 7) is 5.23. The lowest BCUT2D eigenvalue weighted by molar-refractivity contribution is -0.142. The monoisotopic (exact) mass is 413 g/mol. The van der Waals surface area contributed by atoms with Crippen LogP contribution < -0.4 is 0 Å². The van der Waals surface area contributed by atoms with E-state index in [1.54, 1.807) is 24.0 Å². The number of piperazine rings is 1. The molecule has 8 heteroatoms. The summed E-state index contributed by atoms with van der Waals surface area (Å²) in [5, 5.41) is 10.7. The van der Waals surface area contributed by atoms with Gasteiger partial charge in [-0.2, -0.15) is 0 Å². The summed E-state index contributed by atoms with van der Waals surface area (Å²) in [4.78, 5) is 30.6. The molecule has 2 saturated heterocycles. The van der Waals surface area contributed by atoms with Crippen LogP contribution in [0.15, 0.2) is 18.2 Å². The van der Waals surface area contributed by atoms with Crippen LogP contribution in [0, 0.1) is 0 Å². The van der Waals surface area contributed by atoms with Gasteiger partial charge in [0.2, 0.25) is 11.8 Å². The van der Waals surface area contributed by atoms with Crippen molar-refractivity contribution in [2.24, 2.45) is 0 Å². The Hall–Kier alpha value is -1.34. The second-order valence-corrected chi connectivity index (χ2v) is 8.15. The number of hydrogen-bond acceptors (Lipinski definition) is 4. The van der Waals surface area contributed by atoms with Crippen LogP contribution in [0.25, 0.3) is 0 Å². The van der Waals surface area contributed by atoms with E-state index in [9.17, 15) is 14.7 Å². The summed E-state index contributed by atoms with van der Waals surface area (Å²) in [6.07, 6.45) is 0.689. The van der Waals surface area contributed by atoms with Gasteiger partial charge in [-0.1, -0.05) is 29.3 Å². The number of amides is 2. The molecule has 2 atom stereocenters. The van der Waals surface area contributed by atoms with E-state index >= 15 is 0 Å². The van der Waals surface area contributed by atoms with Crippen LogP contribution >= 0.6 is 23.2 Å². The second kappa shape index (κ2) is 8.78. The zero-order valence-electron chi connectivity index (χ0n) is 15.4. The minimum absolute atomic E-state index is 0.0151. The maximum absolute atomic E-state index is 13.0. The number of halogens is 2. The number of aliphatic hydroxyl groups excluding tert-OH is 1. The molecule has 1 aromatic carbocycles. The summed E-state index contributed by atoms with van der Waals surface area (Å²) in [5.74, 6) is 0.0411. The normalized spacial score (nSPS) is 23.7. The first-order valence-corrected chi connectivity index (χ1v) is 9.98. The fourth-order valence-electron chi connectivity index (χ4n) is 3.83. The fraction of sp³-hybridized carbons (Fsp3) is 0.579. The molecule has 0 radical (unpaired) electrons. The van der Waals surface area contributed by atoms with Crippen LogP contribution in [0.1, 0.15) is 18.9 Å². The highest BCUT2D eigenvalue weighted by Gasteiger charge is 2.34. The van der Waals surface area contributed by atoms with Crippen LogP contribution in [0.5, 0.6) is 0 Å². The minimum Gasteiger partial charge on any atom is -0.392 e. The number of nitrogens with zero attached hydrogens (tertiary/aromatic N) is 3. The molecular formula is C19H25Cl2N3O3. The van der Waals surface area contributed by atoms with Crippen molar-refractivity contribution in [1.29, 1.82) is 0 Å².